The van der Waals surface area contributed by atoms with Crippen molar-refractivity contribution in [2.45, 2.75) is 39.3 Å². The zero-order valence-electron chi connectivity index (χ0n) is 13.0. The number of nitrogens with two attached hydrogens (primary N) is 1. The third kappa shape index (κ3) is 4.55. The van der Waals surface area contributed by atoms with E-state index >= 15 is 0 Å². The molecule has 1 heterocycles. The molecule has 1 aliphatic rings. The van der Waals surface area contributed by atoms with Gasteiger partial charge in [-0.2, -0.15) is 0 Å². The maximum Gasteiger partial charge on any atom is 0.253 e. The van der Waals surface area contributed by atoms with Gasteiger partial charge in [0.1, 0.15) is 0 Å². The van der Waals surface area contributed by atoms with E-state index in [1.165, 1.54) is 0 Å². The lowest BCUT2D eigenvalue weighted by Gasteiger charge is -2.17. The summed E-state index contributed by atoms with van der Waals surface area (Å²) in [6.45, 7) is 7.16. The largest absolute Gasteiger partial charge is 0.376 e. The van der Waals surface area contributed by atoms with Crippen LogP contribution in [-0.2, 0) is 11.3 Å². The Morgan fingerprint density at radius 1 is 1.38 bits per heavy atom. The van der Waals surface area contributed by atoms with Crippen molar-refractivity contribution in [3.05, 3.63) is 35.4 Å². The molecule has 116 valence electrons. The van der Waals surface area contributed by atoms with E-state index in [4.69, 9.17) is 10.5 Å². The Balaban J connectivity index is 1.83. The molecule has 0 spiro atoms. The fourth-order valence-electron chi connectivity index (χ4n) is 2.49. The second-order valence-corrected chi connectivity index (χ2v) is 6.12. The summed E-state index contributed by atoms with van der Waals surface area (Å²) in [7, 11) is 0. The van der Waals surface area contributed by atoms with Gasteiger partial charge in [0.25, 0.3) is 5.91 Å². The van der Waals surface area contributed by atoms with Crippen LogP contribution in [0.3, 0.4) is 0 Å². The number of amides is 1. The smallest absolute Gasteiger partial charge is 0.253 e. The lowest BCUT2D eigenvalue weighted by Crippen LogP contribution is -2.30. The van der Waals surface area contributed by atoms with Crippen molar-refractivity contribution in [2.75, 3.05) is 19.7 Å². The third-order valence-corrected chi connectivity index (χ3v) is 3.92. The first-order valence-corrected chi connectivity index (χ1v) is 7.80. The van der Waals surface area contributed by atoms with Crippen molar-refractivity contribution in [2.24, 2.45) is 11.7 Å². The number of rotatable bonds is 6. The maximum absolute atomic E-state index is 12.4. The number of ether oxygens (including phenoxy) is 1. The molecule has 1 fully saturated rings. The number of hydrogen-bond acceptors (Lipinski definition) is 3. The van der Waals surface area contributed by atoms with Gasteiger partial charge in [0.15, 0.2) is 0 Å². The van der Waals surface area contributed by atoms with Crippen LogP contribution in [0.1, 0.15) is 42.6 Å². The summed E-state index contributed by atoms with van der Waals surface area (Å²) in [5.74, 6) is 0.749. The number of benzene rings is 1. The fourth-order valence-corrected chi connectivity index (χ4v) is 2.49. The SMILES string of the molecule is CC(C)CCOC1CCN(C(=O)c2ccc(CN)cc2)C1. The molecule has 2 N–H and O–H groups in total. The highest BCUT2D eigenvalue weighted by Crippen LogP contribution is 2.17. The second kappa shape index (κ2) is 7.57. The lowest BCUT2D eigenvalue weighted by molar-refractivity contribution is 0.0484. The first-order valence-electron chi connectivity index (χ1n) is 7.80. The first-order chi connectivity index (χ1) is 10.1. The van der Waals surface area contributed by atoms with Crippen LogP contribution in [0.15, 0.2) is 24.3 Å². The number of carbonyl (C=O) groups excluding carboxylic acids is 1. The minimum absolute atomic E-state index is 0.0912. The molecule has 0 saturated carbocycles. The highest BCUT2D eigenvalue weighted by molar-refractivity contribution is 5.94. The van der Waals surface area contributed by atoms with Crippen molar-refractivity contribution in [3.63, 3.8) is 0 Å². The summed E-state index contributed by atoms with van der Waals surface area (Å²) < 4.78 is 5.86. The van der Waals surface area contributed by atoms with Crippen molar-refractivity contribution >= 4 is 5.91 Å². The summed E-state index contributed by atoms with van der Waals surface area (Å²) in [4.78, 5) is 14.3. The Kier molecular flexibility index (Phi) is 5.76. The van der Waals surface area contributed by atoms with Gasteiger partial charge < -0.3 is 15.4 Å². The minimum Gasteiger partial charge on any atom is -0.376 e. The molecule has 21 heavy (non-hydrogen) atoms. The molecule has 0 bridgehead atoms. The number of hydrogen-bond donors (Lipinski definition) is 1. The average Bonchev–Trinajstić information content (AvgIpc) is 2.95. The number of nitrogens with zero attached hydrogens (tertiary/aromatic N) is 1. The van der Waals surface area contributed by atoms with E-state index in [1.54, 1.807) is 0 Å². The average molecular weight is 290 g/mol. The van der Waals surface area contributed by atoms with Gasteiger partial charge in [0.2, 0.25) is 0 Å². The Labute approximate surface area is 127 Å². The molecular weight excluding hydrogens is 264 g/mol. The van der Waals surface area contributed by atoms with Gasteiger partial charge in [-0.15, -0.1) is 0 Å². The normalized spacial score (nSPS) is 18.5. The molecule has 1 aromatic carbocycles. The van der Waals surface area contributed by atoms with Gasteiger partial charge in [-0.25, -0.2) is 0 Å². The highest BCUT2D eigenvalue weighted by atomic mass is 16.5. The van der Waals surface area contributed by atoms with Crippen LogP contribution >= 0.6 is 0 Å². The van der Waals surface area contributed by atoms with Crippen LogP contribution in [0.25, 0.3) is 0 Å². The molecule has 1 atom stereocenters. The molecule has 0 aliphatic carbocycles. The topological polar surface area (TPSA) is 55.6 Å². The quantitative estimate of drug-likeness (QED) is 0.875. The molecule has 4 nitrogen and oxygen atoms in total. The standard InChI is InChI=1S/C17H26N2O2/c1-13(2)8-10-21-16-7-9-19(12-16)17(20)15-5-3-14(11-18)4-6-15/h3-6,13,16H,7-12,18H2,1-2H3. The summed E-state index contributed by atoms with van der Waals surface area (Å²) in [5.41, 5.74) is 7.35. The first kappa shape index (κ1) is 16.0. The highest BCUT2D eigenvalue weighted by Gasteiger charge is 2.27. The molecule has 2 rings (SSSR count). The minimum atomic E-state index is 0.0912. The molecule has 0 aromatic heterocycles. The third-order valence-electron chi connectivity index (χ3n) is 3.92. The van der Waals surface area contributed by atoms with Crippen molar-refractivity contribution in [1.29, 1.82) is 0 Å². The predicted octanol–water partition coefficient (Wildman–Crippen LogP) is 2.42. The summed E-state index contributed by atoms with van der Waals surface area (Å²) in [6.07, 6.45) is 2.20. The molecule has 1 unspecified atom stereocenters. The molecule has 1 saturated heterocycles. The fraction of sp³-hybridized carbons (Fsp3) is 0.588. The zero-order chi connectivity index (χ0) is 15.2. The van der Waals surface area contributed by atoms with E-state index in [0.29, 0.717) is 19.0 Å². The van der Waals surface area contributed by atoms with Crippen LogP contribution in [0, 0.1) is 5.92 Å². The Morgan fingerprint density at radius 2 is 2.10 bits per heavy atom. The number of likely N-dealkylation sites (tertiary alicyclic amines) is 1. The maximum atomic E-state index is 12.4. The van der Waals surface area contributed by atoms with Gasteiger partial charge in [0, 0.05) is 31.8 Å². The van der Waals surface area contributed by atoms with Crippen molar-refractivity contribution in [1.82, 2.24) is 4.90 Å². The van der Waals surface area contributed by atoms with E-state index in [0.717, 1.165) is 37.1 Å². The Morgan fingerprint density at radius 3 is 2.71 bits per heavy atom. The lowest BCUT2D eigenvalue weighted by atomic mass is 10.1. The van der Waals surface area contributed by atoms with Gasteiger partial charge in [-0.1, -0.05) is 26.0 Å². The zero-order valence-corrected chi connectivity index (χ0v) is 13.0. The molecule has 1 amide bonds. The van der Waals surface area contributed by atoms with Crippen molar-refractivity contribution < 1.29 is 9.53 Å². The monoisotopic (exact) mass is 290 g/mol. The summed E-state index contributed by atoms with van der Waals surface area (Å²) in [6, 6.07) is 7.55. The van der Waals surface area contributed by atoms with E-state index in [9.17, 15) is 4.79 Å². The Bertz CT molecular complexity index is 456. The molecule has 4 heteroatoms. The van der Waals surface area contributed by atoms with E-state index in [2.05, 4.69) is 13.8 Å². The number of carbonyl (C=O) groups is 1. The van der Waals surface area contributed by atoms with Crippen molar-refractivity contribution in [3.8, 4) is 0 Å². The predicted molar refractivity (Wildman–Crippen MR) is 84.0 cm³/mol. The second-order valence-electron chi connectivity index (χ2n) is 6.12. The molecule has 0 radical (unpaired) electrons. The van der Waals surface area contributed by atoms with Gasteiger partial charge in [0.05, 0.1) is 6.10 Å². The van der Waals surface area contributed by atoms with E-state index < -0.39 is 0 Å². The van der Waals surface area contributed by atoms with Crippen LogP contribution < -0.4 is 5.73 Å². The molecule has 1 aromatic rings. The van der Waals surface area contributed by atoms with E-state index in [1.807, 2.05) is 29.2 Å². The molecule has 1 aliphatic heterocycles. The van der Waals surface area contributed by atoms with Crippen LogP contribution in [0.5, 0.6) is 0 Å². The summed E-state index contributed by atoms with van der Waals surface area (Å²) in [5, 5.41) is 0. The van der Waals surface area contributed by atoms with Crippen LogP contribution in [0.2, 0.25) is 0 Å². The molecular formula is C17H26N2O2. The Hall–Kier alpha value is -1.39. The van der Waals surface area contributed by atoms with Gasteiger partial charge in [-0.05, 0) is 36.5 Å². The van der Waals surface area contributed by atoms with Gasteiger partial charge in [-0.3, -0.25) is 4.79 Å². The van der Waals surface area contributed by atoms with E-state index in [-0.39, 0.29) is 12.0 Å². The van der Waals surface area contributed by atoms with Crippen LogP contribution in [-0.4, -0.2) is 36.6 Å². The van der Waals surface area contributed by atoms with Crippen LogP contribution in [0.4, 0.5) is 0 Å². The summed E-state index contributed by atoms with van der Waals surface area (Å²) >= 11 is 0. The van der Waals surface area contributed by atoms with Gasteiger partial charge >= 0.3 is 0 Å².